The molecule has 2 N–H and O–H groups in total. The third-order valence-corrected chi connectivity index (χ3v) is 5.41. The highest BCUT2D eigenvalue weighted by atomic mass is 16.1. The van der Waals surface area contributed by atoms with Gasteiger partial charge < -0.3 is 5.32 Å². The van der Waals surface area contributed by atoms with E-state index >= 15 is 0 Å². The van der Waals surface area contributed by atoms with Crippen LogP contribution in [-0.2, 0) is 24.9 Å². The fourth-order valence-electron chi connectivity index (χ4n) is 3.71. The van der Waals surface area contributed by atoms with E-state index in [1.165, 1.54) is 11.1 Å². The summed E-state index contributed by atoms with van der Waals surface area (Å²) in [5.41, 5.74) is 5.19. The average Bonchev–Trinajstić information content (AvgIpc) is 2.69. The van der Waals surface area contributed by atoms with E-state index in [9.17, 15) is 4.79 Å². The quantitative estimate of drug-likeness (QED) is 0.697. The number of hydrogen-bond acceptors (Lipinski definition) is 4. The van der Waals surface area contributed by atoms with Crippen molar-refractivity contribution in [1.82, 2.24) is 14.9 Å². The number of aromatic amines is 1. The zero-order chi connectivity index (χ0) is 20.4. The average molecular weight is 389 g/mol. The molecule has 0 saturated carbocycles. The number of H-pyrrole nitrogens is 1. The first kappa shape index (κ1) is 19.4. The standard InChI is InChI=1S/C24H28N4O/c1-24(2,3)18-9-11-19(12-10-18)25-23-26-21-13-14-28(16-20(21)22(29)27-23)15-17-7-5-4-6-8-17/h4-12H,13-16H2,1-3H3,(H2,25,26,27,29). The summed E-state index contributed by atoms with van der Waals surface area (Å²) in [6.45, 7) is 8.96. The zero-order valence-electron chi connectivity index (χ0n) is 17.3. The predicted octanol–water partition coefficient (Wildman–Crippen LogP) is 4.37. The Labute approximate surface area is 171 Å². The van der Waals surface area contributed by atoms with Crippen LogP contribution in [0.2, 0.25) is 0 Å². The largest absolute Gasteiger partial charge is 0.326 e. The molecule has 0 aliphatic carbocycles. The van der Waals surface area contributed by atoms with Gasteiger partial charge in [-0.25, -0.2) is 4.98 Å². The van der Waals surface area contributed by atoms with Gasteiger partial charge in [-0.15, -0.1) is 0 Å². The maximum Gasteiger partial charge on any atom is 0.257 e. The molecule has 0 saturated heterocycles. The maximum atomic E-state index is 12.7. The zero-order valence-corrected chi connectivity index (χ0v) is 17.3. The van der Waals surface area contributed by atoms with Crippen LogP contribution in [0.15, 0.2) is 59.4 Å². The molecule has 1 aliphatic rings. The number of anilines is 2. The van der Waals surface area contributed by atoms with Gasteiger partial charge in [0, 0.05) is 31.7 Å². The Kier molecular flexibility index (Phi) is 5.24. The normalized spacial score (nSPS) is 14.4. The number of nitrogens with one attached hydrogen (secondary N) is 2. The molecule has 1 aliphatic heterocycles. The Morgan fingerprint density at radius 1 is 1.07 bits per heavy atom. The SMILES string of the molecule is CC(C)(C)c1ccc(Nc2nc3c(c(=O)[nH]2)CN(Cc2ccccc2)CC3)cc1. The van der Waals surface area contributed by atoms with Gasteiger partial charge in [0.15, 0.2) is 0 Å². The monoisotopic (exact) mass is 388 g/mol. The first-order valence-electron chi connectivity index (χ1n) is 10.1. The highest BCUT2D eigenvalue weighted by Gasteiger charge is 2.21. The number of aromatic nitrogens is 2. The lowest BCUT2D eigenvalue weighted by atomic mass is 9.87. The van der Waals surface area contributed by atoms with Gasteiger partial charge in [0.05, 0.1) is 11.3 Å². The number of nitrogens with zero attached hydrogens (tertiary/aromatic N) is 2. The topological polar surface area (TPSA) is 61.0 Å². The molecule has 4 rings (SSSR count). The number of rotatable bonds is 4. The second kappa shape index (κ2) is 7.84. The van der Waals surface area contributed by atoms with E-state index in [0.29, 0.717) is 12.5 Å². The van der Waals surface area contributed by atoms with Gasteiger partial charge in [0.1, 0.15) is 0 Å². The summed E-state index contributed by atoms with van der Waals surface area (Å²) >= 11 is 0. The van der Waals surface area contributed by atoms with Gasteiger partial charge in [-0.1, -0.05) is 63.2 Å². The summed E-state index contributed by atoms with van der Waals surface area (Å²) in [7, 11) is 0. The maximum absolute atomic E-state index is 12.7. The molecular weight excluding hydrogens is 360 g/mol. The Morgan fingerprint density at radius 2 is 1.79 bits per heavy atom. The highest BCUT2D eigenvalue weighted by molar-refractivity contribution is 5.54. The number of hydrogen-bond donors (Lipinski definition) is 2. The molecule has 3 aromatic rings. The first-order valence-corrected chi connectivity index (χ1v) is 10.1. The van der Waals surface area contributed by atoms with Crippen LogP contribution in [0.25, 0.3) is 0 Å². The van der Waals surface area contributed by atoms with Crippen molar-refractivity contribution in [2.24, 2.45) is 0 Å². The Morgan fingerprint density at radius 3 is 2.48 bits per heavy atom. The van der Waals surface area contributed by atoms with Crippen LogP contribution in [0.3, 0.4) is 0 Å². The molecule has 5 nitrogen and oxygen atoms in total. The first-order chi connectivity index (χ1) is 13.9. The predicted molar refractivity (Wildman–Crippen MR) is 118 cm³/mol. The van der Waals surface area contributed by atoms with Crippen molar-refractivity contribution in [2.45, 2.75) is 45.7 Å². The van der Waals surface area contributed by atoms with Gasteiger partial charge in [0.2, 0.25) is 5.95 Å². The van der Waals surface area contributed by atoms with Gasteiger partial charge >= 0.3 is 0 Å². The smallest absolute Gasteiger partial charge is 0.257 e. The van der Waals surface area contributed by atoms with Crippen molar-refractivity contribution in [1.29, 1.82) is 0 Å². The van der Waals surface area contributed by atoms with E-state index in [-0.39, 0.29) is 11.0 Å². The second-order valence-corrected chi connectivity index (χ2v) is 8.74. The minimum Gasteiger partial charge on any atom is -0.326 e. The molecular formula is C24H28N4O. The van der Waals surface area contributed by atoms with Crippen LogP contribution in [0.1, 0.15) is 43.2 Å². The number of benzene rings is 2. The van der Waals surface area contributed by atoms with E-state index in [0.717, 1.165) is 36.5 Å². The van der Waals surface area contributed by atoms with Crippen LogP contribution in [0.5, 0.6) is 0 Å². The van der Waals surface area contributed by atoms with E-state index in [1.54, 1.807) is 0 Å². The summed E-state index contributed by atoms with van der Waals surface area (Å²) in [4.78, 5) is 22.6. The van der Waals surface area contributed by atoms with Gasteiger partial charge in [-0.2, -0.15) is 0 Å². The third-order valence-electron chi connectivity index (χ3n) is 5.41. The minimum atomic E-state index is -0.0541. The molecule has 1 aromatic heterocycles. The van der Waals surface area contributed by atoms with Gasteiger partial charge in [0.25, 0.3) is 5.56 Å². The van der Waals surface area contributed by atoms with Crippen LogP contribution in [0.4, 0.5) is 11.6 Å². The Balaban J connectivity index is 1.48. The molecule has 2 aromatic carbocycles. The van der Waals surface area contributed by atoms with Gasteiger partial charge in [-0.3, -0.25) is 14.7 Å². The van der Waals surface area contributed by atoms with Crippen molar-refractivity contribution in [3.05, 3.63) is 87.3 Å². The second-order valence-electron chi connectivity index (χ2n) is 8.74. The summed E-state index contributed by atoms with van der Waals surface area (Å²) in [5.74, 6) is 0.508. The molecule has 29 heavy (non-hydrogen) atoms. The molecule has 0 radical (unpaired) electrons. The lowest BCUT2D eigenvalue weighted by Crippen LogP contribution is -2.35. The molecule has 0 bridgehead atoms. The highest BCUT2D eigenvalue weighted by Crippen LogP contribution is 2.24. The molecule has 5 heteroatoms. The lowest BCUT2D eigenvalue weighted by molar-refractivity contribution is 0.242. The molecule has 0 atom stereocenters. The summed E-state index contributed by atoms with van der Waals surface area (Å²) < 4.78 is 0. The van der Waals surface area contributed by atoms with Crippen LogP contribution in [0, 0.1) is 0 Å². The van der Waals surface area contributed by atoms with Gasteiger partial charge in [-0.05, 0) is 28.7 Å². The molecule has 0 spiro atoms. The van der Waals surface area contributed by atoms with Crippen LogP contribution >= 0.6 is 0 Å². The molecule has 150 valence electrons. The van der Waals surface area contributed by atoms with E-state index in [4.69, 9.17) is 0 Å². The third kappa shape index (κ3) is 4.57. The van der Waals surface area contributed by atoms with Crippen LogP contribution in [-0.4, -0.2) is 21.4 Å². The van der Waals surface area contributed by atoms with E-state index in [1.807, 2.05) is 30.3 Å². The van der Waals surface area contributed by atoms with Crippen molar-refractivity contribution >= 4 is 11.6 Å². The molecule has 0 fully saturated rings. The molecule has 2 heterocycles. The summed E-state index contributed by atoms with van der Waals surface area (Å²) in [6, 6.07) is 18.6. The van der Waals surface area contributed by atoms with E-state index in [2.05, 4.69) is 65.2 Å². The Bertz CT molecular complexity index is 1030. The Hall–Kier alpha value is -2.92. The van der Waals surface area contributed by atoms with Crippen molar-refractivity contribution in [2.75, 3.05) is 11.9 Å². The minimum absolute atomic E-state index is 0.0541. The molecule has 0 unspecified atom stereocenters. The number of fused-ring (bicyclic) bond motifs is 1. The van der Waals surface area contributed by atoms with Crippen molar-refractivity contribution < 1.29 is 0 Å². The van der Waals surface area contributed by atoms with Crippen molar-refractivity contribution in [3.8, 4) is 0 Å². The summed E-state index contributed by atoms with van der Waals surface area (Å²) in [5, 5.41) is 3.24. The molecule has 0 amide bonds. The summed E-state index contributed by atoms with van der Waals surface area (Å²) in [6.07, 6.45) is 0.781. The van der Waals surface area contributed by atoms with E-state index < -0.39 is 0 Å². The lowest BCUT2D eigenvalue weighted by Gasteiger charge is -2.27. The fraction of sp³-hybridized carbons (Fsp3) is 0.333. The van der Waals surface area contributed by atoms with Crippen LogP contribution < -0.4 is 10.9 Å². The fourth-order valence-corrected chi connectivity index (χ4v) is 3.71. The van der Waals surface area contributed by atoms with Crippen molar-refractivity contribution in [3.63, 3.8) is 0 Å².